The fourth-order valence-corrected chi connectivity index (χ4v) is 15.0. The normalized spacial score (nSPS) is 13.8. The highest BCUT2D eigenvalue weighted by atomic mass is 31.2. The van der Waals surface area contributed by atoms with E-state index in [1.165, 1.54) is 276 Å². The van der Waals surface area contributed by atoms with Crippen LogP contribution >= 0.6 is 15.6 Å². The van der Waals surface area contributed by atoms with E-state index >= 15 is 0 Å². The topological polar surface area (TPSA) is 237 Å². The molecule has 2 unspecified atom stereocenters. The monoisotopic (exact) mass is 1540 g/mol. The van der Waals surface area contributed by atoms with E-state index in [1.807, 2.05) is 0 Å². The Kier molecular flexibility index (Phi) is 76.0. The van der Waals surface area contributed by atoms with E-state index in [4.69, 9.17) is 37.0 Å². The molecule has 0 aromatic carbocycles. The molecule has 0 fully saturated rings. The predicted molar refractivity (Wildman–Crippen MR) is 432 cm³/mol. The lowest BCUT2D eigenvalue weighted by Crippen LogP contribution is -2.30. The minimum Gasteiger partial charge on any atom is -0.462 e. The van der Waals surface area contributed by atoms with Gasteiger partial charge in [0.1, 0.15) is 19.3 Å². The average Bonchev–Trinajstić information content (AvgIpc) is 0.934. The molecule has 0 bridgehead atoms. The van der Waals surface area contributed by atoms with Gasteiger partial charge < -0.3 is 33.8 Å². The van der Waals surface area contributed by atoms with Gasteiger partial charge in [0, 0.05) is 25.7 Å². The highest BCUT2D eigenvalue weighted by Crippen LogP contribution is 2.45. The van der Waals surface area contributed by atoms with E-state index in [0.717, 1.165) is 102 Å². The number of unbranched alkanes of at least 4 members (excludes halogenated alkanes) is 55. The molecule has 105 heavy (non-hydrogen) atoms. The summed E-state index contributed by atoms with van der Waals surface area (Å²) in [5.41, 5.74) is 0. The van der Waals surface area contributed by atoms with Crippen molar-refractivity contribution in [3.8, 4) is 0 Å². The Hall–Kier alpha value is -1.94. The molecule has 0 aliphatic heterocycles. The van der Waals surface area contributed by atoms with Crippen LogP contribution in [0.1, 0.15) is 459 Å². The Morgan fingerprint density at radius 1 is 0.257 bits per heavy atom. The largest absolute Gasteiger partial charge is 0.472 e. The van der Waals surface area contributed by atoms with Crippen LogP contribution in [0.25, 0.3) is 0 Å². The number of esters is 4. The summed E-state index contributed by atoms with van der Waals surface area (Å²) in [5, 5.41) is 10.7. The molecule has 0 aliphatic rings. The molecule has 0 saturated heterocycles. The van der Waals surface area contributed by atoms with Gasteiger partial charge in [-0.15, -0.1) is 0 Å². The highest BCUT2D eigenvalue weighted by Gasteiger charge is 2.30. The van der Waals surface area contributed by atoms with Crippen LogP contribution in [-0.2, 0) is 65.4 Å². The molecule has 0 aromatic heterocycles. The summed E-state index contributed by atoms with van der Waals surface area (Å²) < 4.78 is 68.9. The lowest BCUT2D eigenvalue weighted by Gasteiger charge is -2.21. The fraction of sp³-hybridized carbons (Fsp3) is 0.953. The van der Waals surface area contributed by atoms with E-state index in [9.17, 15) is 43.2 Å². The number of aliphatic hydroxyl groups is 1. The van der Waals surface area contributed by atoms with Crippen molar-refractivity contribution in [3.63, 3.8) is 0 Å². The van der Waals surface area contributed by atoms with Gasteiger partial charge in [0.2, 0.25) is 0 Å². The quantitative estimate of drug-likeness (QED) is 0.0222. The summed E-state index contributed by atoms with van der Waals surface area (Å²) in [7, 11) is -9.92. The summed E-state index contributed by atoms with van der Waals surface area (Å²) in [4.78, 5) is 73.2. The van der Waals surface area contributed by atoms with E-state index in [1.54, 1.807) is 0 Å². The van der Waals surface area contributed by atoms with Gasteiger partial charge in [-0.1, -0.05) is 408 Å². The second-order valence-electron chi connectivity index (χ2n) is 31.9. The molecule has 0 amide bonds. The molecule has 0 spiro atoms. The van der Waals surface area contributed by atoms with Gasteiger partial charge in [-0.05, 0) is 37.5 Å². The second kappa shape index (κ2) is 77.4. The molecule has 17 nitrogen and oxygen atoms in total. The maximum Gasteiger partial charge on any atom is 0.472 e. The number of ether oxygens (including phenoxy) is 4. The summed E-state index contributed by atoms with van der Waals surface area (Å²) in [5.74, 6) is -0.487. The number of rotatable bonds is 85. The van der Waals surface area contributed by atoms with Crippen molar-refractivity contribution in [2.75, 3.05) is 39.6 Å². The third-order valence-electron chi connectivity index (χ3n) is 20.2. The molecule has 5 atom stereocenters. The number of carbonyl (C=O) groups excluding carboxylic acids is 4. The standard InChI is InChI=1S/C86H168O17P2/c1-7-9-11-13-15-17-18-19-20-21-25-28-34-39-45-51-57-63-69-84(89)97-75-82(103-86(91)70-64-58-52-46-40-35-29-26-23-22-24-27-32-37-43-48-54-60-66-78(3)4)77-101-105(94,95)99-73-80(87)72-98-104(92,93)100-76-81(74-96-83(88)68-62-56-50-42-16-14-12-10-8-2)102-85(90)71-65-59-53-47-41-36-31-30-33-38-44-49-55-61-67-79(5)6/h78-82,87H,7-77H2,1-6H3,(H,92,93)(H,94,95)/t80-,81+,82+/m0/s1. The van der Waals surface area contributed by atoms with Gasteiger partial charge in [-0.25, -0.2) is 9.13 Å². The first-order chi connectivity index (χ1) is 50.9. The van der Waals surface area contributed by atoms with Crippen molar-refractivity contribution >= 4 is 39.5 Å². The summed E-state index contributed by atoms with van der Waals surface area (Å²) in [6.45, 7) is 9.71. The Balaban J connectivity index is 5.21. The van der Waals surface area contributed by atoms with Crippen molar-refractivity contribution in [3.05, 3.63) is 0 Å². The van der Waals surface area contributed by atoms with E-state index < -0.39 is 97.5 Å². The first-order valence-electron chi connectivity index (χ1n) is 44.5. The number of carbonyl (C=O) groups is 4. The van der Waals surface area contributed by atoms with Crippen LogP contribution < -0.4 is 0 Å². The smallest absolute Gasteiger partial charge is 0.462 e. The summed E-state index contributed by atoms with van der Waals surface area (Å²) in [6, 6.07) is 0. The molecule has 0 radical (unpaired) electrons. The van der Waals surface area contributed by atoms with Crippen LogP contribution in [0.3, 0.4) is 0 Å². The van der Waals surface area contributed by atoms with Crippen LogP contribution in [0.15, 0.2) is 0 Å². The number of aliphatic hydroxyl groups excluding tert-OH is 1. The molecule has 19 heteroatoms. The molecule has 0 aliphatic carbocycles. The minimum atomic E-state index is -4.97. The zero-order valence-electron chi connectivity index (χ0n) is 69.0. The van der Waals surface area contributed by atoms with Crippen LogP contribution in [0.5, 0.6) is 0 Å². The lowest BCUT2D eigenvalue weighted by molar-refractivity contribution is -0.161. The zero-order valence-corrected chi connectivity index (χ0v) is 70.8. The number of phosphoric acid groups is 2. The molecule has 0 saturated carbocycles. The van der Waals surface area contributed by atoms with Gasteiger partial charge in [-0.3, -0.25) is 37.3 Å². The van der Waals surface area contributed by atoms with Crippen LogP contribution in [0.2, 0.25) is 0 Å². The van der Waals surface area contributed by atoms with Crippen LogP contribution in [-0.4, -0.2) is 96.7 Å². The third-order valence-corrected chi connectivity index (χ3v) is 22.1. The van der Waals surface area contributed by atoms with Crippen molar-refractivity contribution in [2.45, 2.75) is 477 Å². The zero-order chi connectivity index (χ0) is 77.1. The number of hydrogen-bond donors (Lipinski definition) is 3. The third kappa shape index (κ3) is 79.9. The molecule has 0 rings (SSSR count). The van der Waals surface area contributed by atoms with E-state index in [0.29, 0.717) is 25.7 Å². The van der Waals surface area contributed by atoms with Gasteiger partial charge in [0.05, 0.1) is 26.4 Å². The van der Waals surface area contributed by atoms with E-state index in [2.05, 4.69) is 41.5 Å². The SMILES string of the molecule is CCCCCCCCCCCCCCCCCCCCC(=O)OC[C@H](COP(=O)(O)OC[C@@H](O)COP(=O)(O)OC[C@@H](COC(=O)CCCCCCCCCCC)OC(=O)CCCCCCCCCCCCCCCCC(C)C)OC(=O)CCCCCCCCCCCCCCCCCCCCC(C)C. The van der Waals surface area contributed by atoms with E-state index in [-0.39, 0.29) is 25.7 Å². The first-order valence-corrected chi connectivity index (χ1v) is 47.5. The maximum absolute atomic E-state index is 13.1. The summed E-state index contributed by atoms with van der Waals surface area (Å²) in [6.07, 6.45) is 69.5. The minimum absolute atomic E-state index is 0.108. The Bertz CT molecular complexity index is 2010. The molecule has 0 aromatic rings. The molecule has 0 heterocycles. The second-order valence-corrected chi connectivity index (χ2v) is 34.8. The Labute approximate surface area is 645 Å². The van der Waals surface area contributed by atoms with Crippen LogP contribution in [0, 0.1) is 11.8 Å². The fourth-order valence-electron chi connectivity index (χ4n) is 13.4. The van der Waals surface area contributed by atoms with Crippen molar-refractivity contribution in [1.29, 1.82) is 0 Å². The van der Waals surface area contributed by atoms with Gasteiger partial charge in [0.15, 0.2) is 12.2 Å². The molecular formula is C86H168O17P2. The van der Waals surface area contributed by atoms with Gasteiger partial charge >= 0.3 is 39.5 Å². The number of hydrogen-bond acceptors (Lipinski definition) is 15. The predicted octanol–water partition coefficient (Wildman–Crippen LogP) is 26.2. The Morgan fingerprint density at radius 3 is 0.648 bits per heavy atom. The van der Waals surface area contributed by atoms with Crippen molar-refractivity contribution < 1.29 is 80.2 Å². The summed E-state index contributed by atoms with van der Waals surface area (Å²) >= 11 is 0. The highest BCUT2D eigenvalue weighted by molar-refractivity contribution is 7.47. The Morgan fingerprint density at radius 2 is 0.438 bits per heavy atom. The van der Waals surface area contributed by atoms with Gasteiger partial charge in [-0.2, -0.15) is 0 Å². The molecule has 3 N–H and O–H groups in total. The maximum atomic E-state index is 13.1. The molecule has 624 valence electrons. The van der Waals surface area contributed by atoms with Crippen molar-refractivity contribution in [2.24, 2.45) is 11.8 Å². The first kappa shape index (κ1) is 103. The van der Waals surface area contributed by atoms with Gasteiger partial charge in [0.25, 0.3) is 0 Å². The number of phosphoric ester groups is 2. The average molecular weight is 1540 g/mol. The van der Waals surface area contributed by atoms with Crippen molar-refractivity contribution in [1.82, 2.24) is 0 Å². The lowest BCUT2D eigenvalue weighted by atomic mass is 10.0. The van der Waals surface area contributed by atoms with Crippen LogP contribution in [0.4, 0.5) is 0 Å². The molecular weight excluding hydrogens is 1370 g/mol.